The standard InChI is InChI=1S/C23H32N4O6S2/c1-13(2)11-27(35(29,30)16-4-5-17-19(10-16)34-22(24)26-17)7-3-6-25-23(28)33-20-15-8-14-9-18(20)32-21(14)31-12-15/h4-5,10,13-15,18,20-21H,3,6-9,11-12H2,1-2H3,(H2,24,26)(H,25,28). The second kappa shape index (κ2) is 9.81. The third-order valence-corrected chi connectivity index (χ3v) is 9.53. The fraction of sp³-hybridized carbons (Fsp3) is 0.652. The molecule has 35 heavy (non-hydrogen) atoms. The number of aromatic nitrogens is 1. The van der Waals surface area contributed by atoms with Crippen molar-refractivity contribution >= 4 is 42.8 Å². The molecule has 2 aliphatic heterocycles. The summed E-state index contributed by atoms with van der Waals surface area (Å²) in [6.45, 7) is 5.46. The van der Waals surface area contributed by atoms with Crippen LogP contribution in [0.2, 0.25) is 0 Å². The molecule has 12 heteroatoms. The molecule has 10 nitrogen and oxygen atoms in total. The van der Waals surface area contributed by atoms with Crippen LogP contribution in [-0.4, -0.2) is 68.5 Å². The van der Waals surface area contributed by atoms with E-state index in [2.05, 4.69) is 10.3 Å². The molecule has 0 radical (unpaired) electrons. The Morgan fingerprint density at radius 2 is 2.17 bits per heavy atom. The zero-order chi connectivity index (χ0) is 24.7. The van der Waals surface area contributed by atoms with Gasteiger partial charge in [0, 0.05) is 31.5 Å². The van der Waals surface area contributed by atoms with Crippen LogP contribution in [0, 0.1) is 17.8 Å². The molecule has 0 spiro atoms. The molecule has 5 atom stereocenters. The van der Waals surface area contributed by atoms with E-state index < -0.39 is 16.1 Å². The number of nitrogens with zero attached hydrogens (tertiary/aromatic N) is 2. The highest BCUT2D eigenvalue weighted by atomic mass is 32.2. The number of hydrogen-bond acceptors (Lipinski definition) is 9. The number of hydrogen-bond donors (Lipinski definition) is 2. The van der Waals surface area contributed by atoms with Crippen molar-refractivity contribution in [2.24, 2.45) is 17.8 Å². The smallest absolute Gasteiger partial charge is 0.407 e. The first kappa shape index (κ1) is 24.7. The van der Waals surface area contributed by atoms with Crippen molar-refractivity contribution in [2.75, 3.05) is 32.0 Å². The molecule has 2 aromatic rings. The van der Waals surface area contributed by atoms with Gasteiger partial charge in [0.05, 0.1) is 27.8 Å². The summed E-state index contributed by atoms with van der Waals surface area (Å²) in [6, 6.07) is 4.87. The van der Waals surface area contributed by atoms with Crippen molar-refractivity contribution in [1.29, 1.82) is 0 Å². The monoisotopic (exact) mass is 524 g/mol. The molecule has 1 aliphatic carbocycles. The molecular weight excluding hydrogens is 492 g/mol. The van der Waals surface area contributed by atoms with Crippen LogP contribution in [-0.2, 0) is 24.2 Å². The van der Waals surface area contributed by atoms with Gasteiger partial charge in [-0.1, -0.05) is 25.2 Å². The summed E-state index contributed by atoms with van der Waals surface area (Å²) in [7, 11) is -3.72. The molecule has 192 valence electrons. The highest BCUT2D eigenvalue weighted by Gasteiger charge is 2.53. The zero-order valence-corrected chi connectivity index (χ0v) is 21.5. The third-order valence-electron chi connectivity index (χ3n) is 6.82. The fourth-order valence-corrected chi connectivity index (χ4v) is 7.80. The number of amides is 1. The Hall–Kier alpha value is -1.99. The topological polar surface area (TPSA) is 133 Å². The van der Waals surface area contributed by atoms with Crippen LogP contribution in [0.15, 0.2) is 23.1 Å². The van der Waals surface area contributed by atoms with E-state index in [-0.39, 0.29) is 41.8 Å². The Balaban J connectivity index is 1.16. The van der Waals surface area contributed by atoms with Gasteiger partial charge in [0.25, 0.3) is 0 Å². The number of carbonyl (C=O) groups excluding carboxylic acids is 1. The van der Waals surface area contributed by atoms with Gasteiger partial charge in [0.2, 0.25) is 10.0 Å². The van der Waals surface area contributed by atoms with E-state index in [9.17, 15) is 13.2 Å². The van der Waals surface area contributed by atoms with Crippen LogP contribution in [0.5, 0.6) is 0 Å². The average Bonchev–Trinajstić information content (AvgIpc) is 3.32. The molecule has 3 bridgehead atoms. The Morgan fingerprint density at radius 3 is 2.97 bits per heavy atom. The summed E-state index contributed by atoms with van der Waals surface area (Å²) >= 11 is 1.26. The van der Waals surface area contributed by atoms with Gasteiger partial charge in [0.15, 0.2) is 11.4 Å². The van der Waals surface area contributed by atoms with Gasteiger partial charge in [-0.2, -0.15) is 4.31 Å². The summed E-state index contributed by atoms with van der Waals surface area (Å²) < 4.78 is 46.3. The van der Waals surface area contributed by atoms with Crippen molar-refractivity contribution < 1.29 is 27.4 Å². The number of ether oxygens (including phenoxy) is 3. The minimum atomic E-state index is -3.72. The van der Waals surface area contributed by atoms with E-state index in [4.69, 9.17) is 19.9 Å². The maximum absolute atomic E-state index is 13.4. The Kier molecular flexibility index (Phi) is 6.92. The lowest BCUT2D eigenvalue weighted by atomic mass is 9.78. The van der Waals surface area contributed by atoms with Crippen LogP contribution in [0.1, 0.15) is 33.1 Å². The quantitative estimate of drug-likeness (QED) is 0.479. The van der Waals surface area contributed by atoms with Crippen molar-refractivity contribution in [3.8, 4) is 0 Å². The number of nitrogens with one attached hydrogen (secondary N) is 1. The number of benzene rings is 1. The number of sulfonamides is 1. The summed E-state index contributed by atoms with van der Waals surface area (Å²) in [5.74, 6) is 0.718. The number of anilines is 1. The SMILES string of the molecule is CC(C)CN(CCCNC(=O)OC1C2COC3OC1CC3C2)S(=O)(=O)c1ccc2nc(N)sc2c1. The molecule has 3 heterocycles. The molecular formula is C23H32N4O6S2. The number of thiazole rings is 1. The summed E-state index contributed by atoms with van der Waals surface area (Å²) in [5.41, 5.74) is 6.45. The maximum Gasteiger partial charge on any atom is 0.407 e. The highest BCUT2D eigenvalue weighted by molar-refractivity contribution is 7.89. The number of fused-ring (bicyclic) bond motifs is 3. The predicted octanol–water partition coefficient (Wildman–Crippen LogP) is 2.79. The molecule has 5 unspecified atom stereocenters. The highest BCUT2D eigenvalue weighted by Crippen LogP contribution is 2.46. The number of alkyl carbamates (subject to hydrolysis) is 1. The first-order chi connectivity index (χ1) is 16.7. The van der Waals surface area contributed by atoms with E-state index in [0.717, 1.165) is 17.5 Å². The van der Waals surface area contributed by atoms with E-state index in [1.807, 2.05) is 13.8 Å². The lowest BCUT2D eigenvalue weighted by Gasteiger charge is -2.36. The Labute approximate surface area is 209 Å². The van der Waals surface area contributed by atoms with Crippen molar-refractivity contribution in [1.82, 2.24) is 14.6 Å². The first-order valence-corrected chi connectivity index (χ1v) is 14.3. The van der Waals surface area contributed by atoms with Crippen LogP contribution < -0.4 is 11.1 Å². The lowest BCUT2D eigenvalue weighted by molar-refractivity contribution is -0.153. The Bertz CT molecular complexity index is 1180. The fourth-order valence-electron chi connectivity index (χ4n) is 5.28. The van der Waals surface area contributed by atoms with Gasteiger partial charge in [-0.25, -0.2) is 18.2 Å². The molecule has 3 N–H and O–H groups in total. The van der Waals surface area contributed by atoms with E-state index in [1.165, 1.54) is 15.6 Å². The summed E-state index contributed by atoms with van der Waals surface area (Å²) in [6.07, 6.45) is 1.22. The Morgan fingerprint density at radius 1 is 1.34 bits per heavy atom. The second-order valence-corrected chi connectivity index (χ2v) is 13.0. The summed E-state index contributed by atoms with van der Waals surface area (Å²) in [4.78, 5) is 16.9. The van der Waals surface area contributed by atoms with Crippen LogP contribution in [0.25, 0.3) is 10.2 Å². The van der Waals surface area contributed by atoms with Gasteiger partial charge in [-0.15, -0.1) is 0 Å². The van der Waals surface area contributed by atoms with E-state index in [1.54, 1.807) is 18.2 Å². The van der Waals surface area contributed by atoms with Crippen LogP contribution >= 0.6 is 11.3 Å². The van der Waals surface area contributed by atoms with Crippen molar-refractivity contribution in [3.05, 3.63) is 18.2 Å². The molecule has 5 rings (SSSR count). The van der Waals surface area contributed by atoms with Gasteiger partial charge in [-0.3, -0.25) is 0 Å². The molecule has 3 aliphatic rings. The number of carbonyl (C=O) groups is 1. The van der Waals surface area contributed by atoms with Gasteiger partial charge < -0.3 is 25.3 Å². The number of rotatable bonds is 9. The second-order valence-electron chi connectivity index (χ2n) is 9.96. The van der Waals surface area contributed by atoms with Crippen molar-refractivity contribution in [3.63, 3.8) is 0 Å². The normalized spacial score (nSPS) is 27.7. The van der Waals surface area contributed by atoms with Crippen molar-refractivity contribution in [2.45, 2.75) is 56.5 Å². The largest absolute Gasteiger partial charge is 0.443 e. The van der Waals surface area contributed by atoms with E-state index in [0.29, 0.717) is 42.7 Å². The van der Waals surface area contributed by atoms with Crippen LogP contribution in [0.4, 0.5) is 9.93 Å². The van der Waals surface area contributed by atoms with E-state index >= 15 is 0 Å². The number of nitrogen functional groups attached to an aromatic ring is 1. The molecule has 3 fully saturated rings. The summed E-state index contributed by atoms with van der Waals surface area (Å²) in [5, 5.41) is 3.18. The molecule has 2 saturated heterocycles. The molecule has 1 amide bonds. The minimum Gasteiger partial charge on any atom is -0.443 e. The lowest BCUT2D eigenvalue weighted by Crippen LogP contribution is -2.46. The number of nitrogens with two attached hydrogens (primary N) is 1. The average molecular weight is 525 g/mol. The third kappa shape index (κ3) is 5.12. The zero-order valence-electron chi connectivity index (χ0n) is 19.9. The molecule has 1 saturated carbocycles. The molecule has 1 aromatic heterocycles. The van der Waals surface area contributed by atoms with Gasteiger partial charge in [-0.05, 0) is 43.4 Å². The van der Waals surface area contributed by atoms with Gasteiger partial charge >= 0.3 is 6.09 Å². The first-order valence-electron chi connectivity index (χ1n) is 12.1. The van der Waals surface area contributed by atoms with Gasteiger partial charge in [0.1, 0.15) is 6.10 Å². The van der Waals surface area contributed by atoms with Crippen LogP contribution in [0.3, 0.4) is 0 Å². The predicted molar refractivity (Wildman–Crippen MR) is 131 cm³/mol. The minimum absolute atomic E-state index is 0.102. The molecule has 1 aromatic carbocycles. The maximum atomic E-state index is 13.4.